The summed E-state index contributed by atoms with van der Waals surface area (Å²) in [6, 6.07) is 0.387. The van der Waals surface area contributed by atoms with Crippen molar-refractivity contribution in [3.05, 3.63) is 0 Å². The zero-order valence-corrected chi connectivity index (χ0v) is 13.8. The third-order valence-electron chi connectivity index (χ3n) is 7.03. The minimum atomic E-state index is 0.253. The first kappa shape index (κ1) is 15.3. The monoisotopic (exact) mass is 295 g/mol. The second-order valence-corrected chi connectivity index (χ2v) is 8.09. The average Bonchev–Trinajstić information content (AvgIpc) is 2.79. The summed E-state index contributed by atoms with van der Waals surface area (Å²) in [4.78, 5) is 13.8. The molecule has 4 heteroatoms. The molecule has 1 aliphatic heterocycles. The third kappa shape index (κ3) is 2.61. The normalized spacial score (nSPS) is 38.6. The highest BCUT2D eigenvalue weighted by Gasteiger charge is 2.61. The Morgan fingerprint density at radius 3 is 2.57 bits per heavy atom. The summed E-state index contributed by atoms with van der Waals surface area (Å²) < 4.78 is 5.36. The van der Waals surface area contributed by atoms with Crippen LogP contribution in [0.4, 0.5) is 0 Å². The summed E-state index contributed by atoms with van der Waals surface area (Å²) in [5.74, 6) is 1.04. The quantitative estimate of drug-likeness (QED) is 0.798. The molecule has 21 heavy (non-hydrogen) atoms. The average molecular weight is 295 g/mol. The molecule has 3 atom stereocenters. The van der Waals surface area contributed by atoms with Gasteiger partial charge in [-0.05, 0) is 36.0 Å². The lowest BCUT2D eigenvalue weighted by molar-refractivity contribution is -0.907. The molecule has 0 unspecified atom stereocenters. The number of quaternary nitrogens is 1. The van der Waals surface area contributed by atoms with E-state index < -0.39 is 0 Å². The standard InChI is InChI=1S/C17H30N2O2/c1-16(2)13-4-6-17(16,3)14(12-13)18-15(20)5-7-19-8-10-21-11-9-19/h13-14H,4-12H2,1-3H3,(H,18,20)/p+1/t13-,14+,17+/m0/s1. The van der Waals surface area contributed by atoms with Crippen molar-refractivity contribution in [3.8, 4) is 0 Å². The Morgan fingerprint density at radius 1 is 1.29 bits per heavy atom. The van der Waals surface area contributed by atoms with E-state index in [1.54, 1.807) is 0 Å². The lowest BCUT2D eigenvalue weighted by atomic mass is 9.69. The number of hydrogen-bond acceptors (Lipinski definition) is 2. The molecule has 2 bridgehead atoms. The van der Waals surface area contributed by atoms with Crippen LogP contribution in [-0.4, -0.2) is 44.8 Å². The summed E-state index contributed by atoms with van der Waals surface area (Å²) in [5.41, 5.74) is 0.666. The fraction of sp³-hybridized carbons (Fsp3) is 0.941. The summed E-state index contributed by atoms with van der Waals surface area (Å²) >= 11 is 0. The third-order valence-corrected chi connectivity index (χ3v) is 7.03. The highest BCUT2D eigenvalue weighted by Crippen LogP contribution is 2.65. The van der Waals surface area contributed by atoms with Crippen molar-refractivity contribution in [2.24, 2.45) is 16.7 Å². The first-order valence-corrected chi connectivity index (χ1v) is 8.64. The van der Waals surface area contributed by atoms with Crippen molar-refractivity contribution >= 4 is 5.91 Å². The molecule has 2 aliphatic carbocycles. The van der Waals surface area contributed by atoms with Crippen LogP contribution in [-0.2, 0) is 9.53 Å². The van der Waals surface area contributed by atoms with Crippen LogP contribution in [0.25, 0.3) is 0 Å². The van der Waals surface area contributed by atoms with Gasteiger partial charge < -0.3 is 15.0 Å². The predicted molar refractivity (Wildman–Crippen MR) is 82.2 cm³/mol. The number of fused-ring (bicyclic) bond motifs is 2. The van der Waals surface area contributed by atoms with Gasteiger partial charge in [0.15, 0.2) is 0 Å². The van der Waals surface area contributed by atoms with Gasteiger partial charge in [-0.2, -0.15) is 0 Å². The molecule has 4 nitrogen and oxygen atoms in total. The van der Waals surface area contributed by atoms with Crippen LogP contribution in [0.15, 0.2) is 0 Å². The molecular weight excluding hydrogens is 264 g/mol. The summed E-state index contributed by atoms with van der Waals surface area (Å²) in [7, 11) is 0. The highest BCUT2D eigenvalue weighted by molar-refractivity contribution is 5.76. The summed E-state index contributed by atoms with van der Waals surface area (Å²) in [6.07, 6.45) is 4.45. The minimum absolute atomic E-state index is 0.253. The fourth-order valence-corrected chi connectivity index (χ4v) is 4.89. The highest BCUT2D eigenvalue weighted by atomic mass is 16.5. The van der Waals surface area contributed by atoms with Crippen molar-refractivity contribution in [1.29, 1.82) is 0 Å². The molecule has 3 rings (SSSR count). The zero-order valence-electron chi connectivity index (χ0n) is 13.8. The molecule has 0 radical (unpaired) electrons. The van der Waals surface area contributed by atoms with E-state index in [-0.39, 0.29) is 5.91 Å². The van der Waals surface area contributed by atoms with Gasteiger partial charge in [0, 0.05) is 6.04 Å². The summed E-state index contributed by atoms with van der Waals surface area (Å²) in [6.45, 7) is 11.9. The first-order valence-electron chi connectivity index (χ1n) is 8.64. The topological polar surface area (TPSA) is 42.8 Å². The van der Waals surface area contributed by atoms with Crippen molar-refractivity contribution in [2.75, 3.05) is 32.8 Å². The molecule has 0 aromatic rings. The van der Waals surface area contributed by atoms with Gasteiger partial charge in [0.2, 0.25) is 5.91 Å². The van der Waals surface area contributed by atoms with Gasteiger partial charge >= 0.3 is 0 Å². The van der Waals surface area contributed by atoms with Crippen LogP contribution < -0.4 is 10.2 Å². The maximum atomic E-state index is 12.3. The molecule has 1 saturated heterocycles. The molecule has 3 aliphatic rings. The smallest absolute Gasteiger partial charge is 0.225 e. The number of ether oxygens (including phenoxy) is 1. The van der Waals surface area contributed by atoms with E-state index in [4.69, 9.17) is 4.74 Å². The maximum absolute atomic E-state index is 12.3. The molecule has 0 spiro atoms. The second-order valence-electron chi connectivity index (χ2n) is 8.09. The van der Waals surface area contributed by atoms with Crippen LogP contribution in [0.1, 0.15) is 46.5 Å². The number of nitrogens with one attached hydrogen (secondary N) is 2. The van der Waals surface area contributed by atoms with Crippen molar-refractivity contribution < 1.29 is 14.4 Å². The molecule has 1 amide bonds. The SMILES string of the molecule is CC1(C)[C@H]2CC[C@]1(C)[C@H](NC(=O)CC[NH+]1CCOCC1)C2. The Balaban J connectivity index is 1.49. The Morgan fingerprint density at radius 2 is 2.00 bits per heavy atom. The van der Waals surface area contributed by atoms with Gasteiger partial charge in [0.05, 0.1) is 26.2 Å². The number of carbonyl (C=O) groups is 1. The number of amides is 1. The number of rotatable bonds is 4. The lowest BCUT2D eigenvalue weighted by Gasteiger charge is -2.39. The Hall–Kier alpha value is -0.610. The first-order chi connectivity index (χ1) is 9.93. The second kappa shape index (κ2) is 5.54. The summed E-state index contributed by atoms with van der Waals surface area (Å²) in [5, 5.41) is 3.36. The van der Waals surface area contributed by atoms with Crippen LogP contribution in [0, 0.1) is 16.7 Å². The minimum Gasteiger partial charge on any atom is -0.370 e. The number of morpholine rings is 1. The van der Waals surface area contributed by atoms with Crippen LogP contribution in [0.2, 0.25) is 0 Å². The van der Waals surface area contributed by atoms with E-state index >= 15 is 0 Å². The zero-order chi connectivity index (χ0) is 15.1. The van der Waals surface area contributed by atoms with Crippen molar-refractivity contribution in [1.82, 2.24) is 5.32 Å². The number of carbonyl (C=O) groups excluding carboxylic acids is 1. The van der Waals surface area contributed by atoms with Gasteiger partial charge in [-0.25, -0.2) is 0 Å². The van der Waals surface area contributed by atoms with E-state index in [2.05, 4.69) is 26.1 Å². The molecule has 120 valence electrons. The molecule has 3 fully saturated rings. The predicted octanol–water partition coefficient (Wildman–Crippen LogP) is 0.623. The molecular formula is C17H31N2O2+. The van der Waals surface area contributed by atoms with Crippen molar-refractivity contribution in [3.63, 3.8) is 0 Å². The Labute approximate surface area is 128 Å². The van der Waals surface area contributed by atoms with Crippen molar-refractivity contribution in [2.45, 2.75) is 52.5 Å². The molecule has 0 aromatic carbocycles. The largest absolute Gasteiger partial charge is 0.370 e. The van der Waals surface area contributed by atoms with E-state index in [9.17, 15) is 4.79 Å². The van der Waals surface area contributed by atoms with Crippen LogP contribution in [0.5, 0.6) is 0 Å². The molecule has 1 heterocycles. The number of hydrogen-bond donors (Lipinski definition) is 2. The fourth-order valence-electron chi connectivity index (χ4n) is 4.89. The lowest BCUT2D eigenvalue weighted by Crippen LogP contribution is -3.14. The Kier molecular flexibility index (Phi) is 4.04. The van der Waals surface area contributed by atoms with Crippen LogP contribution in [0.3, 0.4) is 0 Å². The molecule has 0 aromatic heterocycles. The van der Waals surface area contributed by atoms with E-state index in [1.807, 2.05) is 0 Å². The van der Waals surface area contributed by atoms with Gasteiger partial charge in [0.1, 0.15) is 13.1 Å². The Bertz CT molecular complexity index is 404. The van der Waals surface area contributed by atoms with Gasteiger partial charge in [-0.1, -0.05) is 20.8 Å². The van der Waals surface area contributed by atoms with Gasteiger partial charge in [0.25, 0.3) is 0 Å². The van der Waals surface area contributed by atoms with Crippen LogP contribution >= 0.6 is 0 Å². The van der Waals surface area contributed by atoms with Gasteiger partial charge in [-0.3, -0.25) is 4.79 Å². The maximum Gasteiger partial charge on any atom is 0.225 e. The van der Waals surface area contributed by atoms with E-state index in [0.717, 1.165) is 38.8 Å². The van der Waals surface area contributed by atoms with E-state index in [1.165, 1.54) is 24.2 Å². The van der Waals surface area contributed by atoms with Gasteiger partial charge in [-0.15, -0.1) is 0 Å². The van der Waals surface area contributed by atoms with E-state index in [0.29, 0.717) is 23.3 Å². The molecule has 2 saturated carbocycles. The molecule has 2 N–H and O–H groups in total.